The highest BCUT2D eigenvalue weighted by molar-refractivity contribution is 6.04. The minimum atomic E-state index is -0.541. The Morgan fingerprint density at radius 1 is 1.06 bits per heavy atom. The average Bonchev–Trinajstić information content (AvgIpc) is 2.83. The summed E-state index contributed by atoms with van der Waals surface area (Å²) in [6.07, 6.45) is 1.04. The van der Waals surface area contributed by atoms with Crippen LogP contribution in [0.5, 0.6) is 11.5 Å². The van der Waals surface area contributed by atoms with Crippen LogP contribution in [0.3, 0.4) is 0 Å². The van der Waals surface area contributed by atoms with Crippen molar-refractivity contribution >= 4 is 11.8 Å². The van der Waals surface area contributed by atoms with Crippen molar-refractivity contribution in [2.24, 2.45) is 0 Å². The summed E-state index contributed by atoms with van der Waals surface area (Å²) in [4.78, 5) is 26.5. The highest BCUT2D eigenvalue weighted by Gasteiger charge is 2.42. The first-order valence-electron chi connectivity index (χ1n) is 11.2. The first-order valence-corrected chi connectivity index (χ1v) is 11.2. The van der Waals surface area contributed by atoms with Gasteiger partial charge in [-0.1, -0.05) is 30.3 Å². The van der Waals surface area contributed by atoms with Crippen LogP contribution in [0.4, 0.5) is 0 Å². The molecular formula is C27H29NO5. The molecule has 2 aliphatic rings. The first-order chi connectivity index (χ1) is 16.0. The molecule has 6 heteroatoms. The molecule has 2 atom stereocenters. The third kappa shape index (κ3) is 4.25. The number of dihydropyridines is 1. The number of ketones is 1. The van der Waals surface area contributed by atoms with Crippen molar-refractivity contribution in [2.45, 2.75) is 38.5 Å². The molecule has 0 aromatic heterocycles. The van der Waals surface area contributed by atoms with Crippen LogP contribution in [-0.2, 0) is 14.3 Å². The van der Waals surface area contributed by atoms with E-state index in [0.717, 1.165) is 22.6 Å². The molecular weight excluding hydrogens is 418 g/mol. The van der Waals surface area contributed by atoms with E-state index >= 15 is 0 Å². The summed E-state index contributed by atoms with van der Waals surface area (Å²) < 4.78 is 16.3. The van der Waals surface area contributed by atoms with Gasteiger partial charge in [0.2, 0.25) is 0 Å². The summed E-state index contributed by atoms with van der Waals surface area (Å²) in [5, 5.41) is 3.36. The maximum Gasteiger partial charge on any atom is 0.336 e. The van der Waals surface area contributed by atoms with Crippen molar-refractivity contribution in [3.05, 3.63) is 82.2 Å². The number of methoxy groups -OCH3 is 2. The summed E-state index contributed by atoms with van der Waals surface area (Å²) in [5.41, 5.74) is 4.50. The van der Waals surface area contributed by atoms with Crippen LogP contribution >= 0.6 is 0 Å². The van der Waals surface area contributed by atoms with Crippen molar-refractivity contribution in [2.75, 3.05) is 20.8 Å². The Balaban J connectivity index is 1.80. The molecule has 0 amide bonds. The molecule has 1 aliphatic heterocycles. The van der Waals surface area contributed by atoms with Crippen LogP contribution < -0.4 is 14.8 Å². The van der Waals surface area contributed by atoms with E-state index < -0.39 is 11.9 Å². The maximum absolute atomic E-state index is 13.6. The SMILES string of the molecule is CCOc1ccccc1C1C(C(=O)OC)=C(C)NC2=C1C(=O)CC(c1ccc(OC)cc1)C2. The van der Waals surface area contributed by atoms with Gasteiger partial charge in [0.1, 0.15) is 11.5 Å². The van der Waals surface area contributed by atoms with Gasteiger partial charge < -0.3 is 19.5 Å². The second-order valence-corrected chi connectivity index (χ2v) is 8.25. The molecule has 1 N–H and O–H groups in total. The fourth-order valence-electron chi connectivity index (χ4n) is 4.85. The van der Waals surface area contributed by atoms with E-state index in [2.05, 4.69) is 5.32 Å². The molecule has 2 aromatic carbocycles. The zero-order valence-corrected chi connectivity index (χ0v) is 19.4. The van der Waals surface area contributed by atoms with Crippen LogP contribution in [0.25, 0.3) is 0 Å². The van der Waals surface area contributed by atoms with Gasteiger partial charge in [0.15, 0.2) is 5.78 Å². The highest BCUT2D eigenvalue weighted by atomic mass is 16.5. The van der Waals surface area contributed by atoms with E-state index in [4.69, 9.17) is 14.2 Å². The molecule has 2 unspecified atom stereocenters. The fourth-order valence-corrected chi connectivity index (χ4v) is 4.85. The van der Waals surface area contributed by atoms with Gasteiger partial charge in [-0.3, -0.25) is 4.79 Å². The molecule has 0 spiro atoms. The number of hydrogen-bond acceptors (Lipinski definition) is 6. The molecule has 1 heterocycles. The quantitative estimate of drug-likeness (QED) is 0.651. The number of carbonyl (C=O) groups excluding carboxylic acids is 2. The number of esters is 1. The highest BCUT2D eigenvalue weighted by Crippen LogP contribution is 2.47. The molecule has 172 valence electrons. The Morgan fingerprint density at radius 3 is 2.45 bits per heavy atom. The van der Waals surface area contributed by atoms with E-state index in [-0.39, 0.29) is 11.7 Å². The van der Waals surface area contributed by atoms with Gasteiger partial charge >= 0.3 is 5.97 Å². The number of Topliss-reactive ketones (excluding diaryl/α,β-unsaturated/α-hetero) is 1. The minimum absolute atomic E-state index is 0.0229. The number of carbonyl (C=O) groups is 2. The summed E-state index contributed by atoms with van der Waals surface area (Å²) in [5.74, 6) is 0.525. The van der Waals surface area contributed by atoms with Gasteiger partial charge in [-0.25, -0.2) is 4.79 Å². The number of para-hydroxylation sites is 1. The van der Waals surface area contributed by atoms with Gasteiger partial charge in [-0.15, -0.1) is 0 Å². The van der Waals surface area contributed by atoms with Crippen molar-refractivity contribution in [3.63, 3.8) is 0 Å². The number of nitrogens with one attached hydrogen (secondary N) is 1. The Bertz CT molecular complexity index is 1130. The van der Waals surface area contributed by atoms with Gasteiger partial charge in [0.05, 0.1) is 32.3 Å². The van der Waals surface area contributed by atoms with Crippen molar-refractivity contribution in [3.8, 4) is 11.5 Å². The van der Waals surface area contributed by atoms with Gasteiger partial charge in [-0.2, -0.15) is 0 Å². The lowest BCUT2D eigenvalue weighted by molar-refractivity contribution is -0.136. The molecule has 0 bridgehead atoms. The Hall–Kier alpha value is -3.54. The Labute approximate surface area is 194 Å². The summed E-state index contributed by atoms with van der Waals surface area (Å²) in [6.45, 7) is 4.25. The minimum Gasteiger partial charge on any atom is -0.497 e. The lowest BCUT2D eigenvalue weighted by atomic mass is 9.71. The average molecular weight is 448 g/mol. The molecule has 2 aromatic rings. The van der Waals surface area contributed by atoms with Crippen molar-refractivity contribution in [1.29, 1.82) is 0 Å². The predicted octanol–water partition coefficient (Wildman–Crippen LogP) is 4.63. The number of allylic oxidation sites excluding steroid dienone is 3. The van der Waals surface area contributed by atoms with Gasteiger partial charge in [0, 0.05) is 29.0 Å². The lowest BCUT2D eigenvalue weighted by Crippen LogP contribution is -2.36. The van der Waals surface area contributed by atoms with Crippen LogP contribution in [0.15, 0.2) is 71.1 Å². The first kappa shape index (κ1) is 22.6. The van der Waals surface area contributed by atoms with E-state index in [1.165, 1.54) is 7.11 Å². The van der Waals surface area contributed by atoms with Crippen LogP contribution in [0, 0.1) is 0 Å². The number of ether oxygens (including phenoxy) is 3. The molecule has 0 saturated heterocycles. The molecule has 6 nitrogen and oxygen atoms in total. The number of rotatable bonds is 6. The zero-order chi connectivity index (χ0) is 23.5. The molecule has 33 heavy (non-hydrogen) atoms. The van der Waals surface area contributed by atoms with E-state index in [0.29, 0.717) is 42.0 Å². The second-order valence-electron chi connectivity index (χ2n) is 8.25. The summed E-state index contributed by atoms with van der Waals surface area (Å²) >= 11 is 0. The van der Waals surface area contributed by atoms with E-state index in [1.54, 1.807) is 7.11 Å². The zero-order valence-electron chi connectivity index (χ0n) is 19.4. The lowest BCUT2D eigenvalue weighted by Gasteiger charge is -2.37. The molecule has 1 aliphatic carbocycles. The monoisotopic (exact) mass is 447 g/mol. The normalized spacial score (nSPS) is 20.2. The molecule has 0 saturated carbocycles. The van der Waals surface area contributed by atoms with E-state index in [9.17, 15) is 9.59 Å². The third-order valence-corrected chi connectivity index (χ3v) is 6.35. The van der Waals surface area contributed by atoms with Crippen LogP contribution in [-0.4, -0.2) is 32.6 Å². The largest absolute Gasteiger partial charge is 0.497 e. The number of benzene rings is 2. The van der Waals surface area contributed by atoms with Gasteiger partial charge in [0.25, 0.3) is 0 Å². The maximum atomic E-state index is 13.6. The predicted molar refractivity (Wildman–Crippen MR) is 125 cm³/mol. The third-order valence-electron chi connectivity index (χ3n) is 6.35. The standard InChI is InChI=1S/C27H29NO5/c1-5-33-23-9-7-6-8-20(23)25-24(27(30)32-4)16(2)28-21-14-18(15-22(29)26(21)25)17-10-12-19(31-3)13-11-17/h6-13,18,25,28H,5,14-15H2,1-4H3. The summed E-state index contributed by atoms with van der Waals surface area (Å²) in [6, 6.07) is 15.4. The van der Waals surface area contributed by atoms with E-state index in [1.807, 2.05) is 62.4 Å². The number of hydrogen-bond donors (Lipinski definition) is 1. The molecule has 0 radical (unpaired) electrons. The topological polar surface area (TPSA) is 73.9 Å². The van der Waals surface area contributed by atoms with Crippen LogP contribution in [0.1, 0.15) is 49.7 Å². The smallest absolute Gasteiger partial charge is 0.336 e. The molecule has 4 rings (SSSR count). The van der Waals surface area contributed by atoms with Crippen LogP contribution in [0.2, 0.25) is 0 Å². The Morgan fingerprint density at radius 2 is 1.79 bits per heavy atom. The fraction of sp³-hybridized carbons (Fsp3) is 0.333. The van der Waals surface area contributed by atoms with Gasteiger partial charge in [-0.05, 0) is 49.9 Å². The Kier molecular flexibility index (Phi) is 6.54. The second kappa shape index (κ2) is 9.53. The summed E-state index contributed by atoms with van der Waals surface area (Å²) in [7, 11) is 3.00. The van der Waals surface area contributed by atoms with Crippen molar-refractivity contribution in [1.82, 2.24) is 5.32 Å². The van der Waals surface area contributed by atoms with Crippen molar-refractivity contribution < 1.29 is 23.8 Å². The molecule has 0 fully saturated rings.